The Morgan fingerprint density at radius 3 is 2.75 bits per heavy atom. The minimum Gasteiger partial charge on any atom is -0.327 e. The molecular formula is C8H10FN3. The number of rotatable bonds is 1. The van der Waals surface area contributed by atoms with E-state index in [0.29, 0.717) is 18.5 Å². The fourth-order valence-electron chi connectivity index (χ4n) is 1.51. The van der Waals surface area contributed by atoms with E-state index in [1.165, 1.54) is 18.6 Å². The number of nitrogens with zero attached hydrogens (tertiary/aromatic N) is 2. The lowest BCUT2D eigenvalue weighted by molar-refractivity contribution is 0.0356. The van der Waals surface area contributed by atoms with E-state index in [4.69, 9.17) is 5.73 Å². The molecule has 0 aromatic carbocycles. The van der Waals surface area contributed by atoms with Gasteiger partial charge in [-0.3, -0.25) is 9.97 Å². The standard InChI is InChI=1S/C8H10FN3/c9-8(3-6(10)4-8)7-5-11-1-2-12-7/h1-2,5-6H,3-4,10H2. The van der Waals surface area contributed by atoms with Gasteiger partial charge in [-0.05, 0) is 0 Å². The van der Waals surface area contributed by atoms with Crippen LogP contribution in [0.25, 0.3) is 0 Å². The molecule has 1 fully saturated rings. The second kappa shape index (κ2) is 2.48. The molecule has 64 valence electrons. The summed E-state index contributed by atoms with van der Waals surface area (Å²) < 4.78 is 13.7. The van der Waals surface area contributed by atoms with E-state index in [0.717, 1.165) is 0 Å². The van der Waals surface area contributed by atoms with E-state index in [1.807, 2.05) is 0 Å². The molecular weight excluding hydrogens is 157 g/mol. The molecule has 1 saturated carbocycles. The highest BCUT2D eigenvalue weighted by Crippen LogP contribution is 2.42. The van der Waals surface area contributed by atoms with E-state index in [9.17, 15) is 4.39 Å². The SMILES string of the molecule is NC1CC(F)(c2cnccn2)C1. The summed E-state index contributed by atoms with van der Waals surface area (Å²) in [7, 11) is 0. The summed E-state index contributed by atoms with van der Waals surface area (Å²) in [6.07, 6.45) is 5.23. The van der Waals surface area contributed by atoms with Crippen molar-refractivity contribution in [3.8, 4) is 0 Å². The topological polar surface area (TPSA) is 51.8 Å². The van der Waals surface area contributed by atoms with Crippen molar-refractivity contribution in [3.63, 3.8) is 0 Å². The van der Waals surface area contributed by atoms with Gasteiger partial charge in [-0.1, -0.05) is 0 Å². The number of nitrogens with two attached hydrogens (primary N) is 1. The van der Waals surface area contributed by atoms with Gasteiger partial charge in [0.1, 0.15) is 0 Å². The molecule has 0 radical (unpaired) electrons. The highest BCUT2D eigenvalue weighted by atomic mass is 19.1. The molecule has 1 aliphatic rings. The lowest BCUT2D eigenvalue weighted by Crippen LogP contribution is -2.46. The molecule has 0 saturated heterocycles. The fourth-order valence-corrected chi connectivity index (χ4v) is 1.51. The predicted octanol–water partition coefficient (Wildman–Crippen LogP) is 0.762. The van der Waals surface area contributed by atoms with Crippen LogP contribution in [0.5, 0.6) is 0 Å². The van der Waals surface area contributed by atoms with Gasteiger partial charge in [0.25, 0.3) is 0 Å². The first-order chi connectivity index (χ1) is 5.71. The van der Waals surface area contributed by atoms with Crippen LogP contribution in [0.1, 0.15) is 18.5 Å². The molecule has 0 spiro atoms. The third-order valence-corrected chi connectivity index (χ3v) is 2.19. The molecule has 2 N–H and O–H groups in total. The largest absolute Gasteiger partial charge is 0.327 e. The Kier molecular flexibility index (Phi) is 1.58. The Morgan fingerprint density at radius 2 is 2.25 bits per heavy atom. The van der Waals surface area contributed by atoms with Gasteiger partial charge in [-0.15, -0.1) is 0 Å². The van der Waals surface area contributed by atoms with Gasteiger partial charge in [0.2, 0.25) is 0 Å². The van der Waals surface area contributed by atoms with Crippen molar-refractivity contribution in [2.45, 2.75) is 24.6 Å². The van der Waals surface area contributed by atoms with Gasteiger partial charge in [0.15, 0.2) is 5.67 Å². The zero-order valence-electron chi connectivity index (χ0n) is 6.57. The van der Waals surface area contributed by atoms with Crippen LogP contribution in [0, 0.1) is 0 Å². The third kappa shape index (κ3) is 1.08. The van der Waals surface area contributed by atoms with Crippen LogP contribution < -0.4 is 5.73 Å². The normalized spacial score (nSPS) is 34.3. The van der Waals surface area contributed by atoms with E-state index >= 15 is 0 Å². The summed E-state index contributed by atoms with van der Waals surface area (Å²) in [6.45, 7) is 0. The Morgan fingerprint density at radius 1 is 1.50 bits per heavy atom. The van der Waals surface area contributed by atoms with E-state index < -0.39 is 5.67 Å². The molecule has 0 bridgehead atoms. The van der Waals surface area contributed by atoms with Crippen LogP contribution in [0.4, 0.5) is 4.39 Å². The molecule has 1 aliphatic carbocycles. The van der Waals surface area contributed by atoms with Crippen molar-refractivity contribution >= 4 is 0 Å². The highest BCUT2D eigenvalue weighted by molar-refractivity contribution is 5.15. The van der Waals surface area contributed by atoms with Gasteiger partial charge < -0.3 is 5.73 Å². The lowest BCUT2D eigenvalue weighted by atomic mass is 9.76. The number of aromatic nitrogens is 2. The third-order valence-electron chi connectivity index (χ3n) is 2.19. The maximum atomic E-state index is 13.7. The Labute approximate surface area is 69.8 Å². The molecule has 0 aliphatic heterocycles. The fraction of sp³-hybridized carbons (Fsp3) is 0.500. The monoisotopic (exact) mass is 167 g/mol. The van der Waals surface area contributed by atoms with Crippen LogP contribution in [0.2, 0.25) is 0 Å². The van der Waals surface area contributed by atoms with Crippen LogP contribution in [0.3, 0.4) is 0 Å². The predicted molar refractivity (Wildman–Crippen MR) is 42.0 cm³/mol. The number of halogens is 1. The van der Waals surface area contributed by atoms with E-state index in [1.54, 1.807) is 0 Å². The second-order valence-corrected chi connectivity index (χ2v) is 3.22. The zero-order chi connectivity index (χ0) is 8.60. The Balaban J connectivity index is 2.21. The molecule has 0 unspecified atom stereocenters. The molecule has 12 heavy (non-hydrogen) atoms. The number of hydrogen-bond acceptors (Lipinski definition) is 3. The Hall–Kier alpha value is -1.03. The van der Waals surface area contributed by atoms with Crippen LogP contribution in [-0.4, -0.2) is 16.0 Å². The minimum absolute atomic E-state index is 0.0167. The Bertz CT molecular complexity index is 269. The van der Waals surface area contributed by atoms with Gasteiger partial charge >= 0.3 is 0 Å². The van der Waals surface area contributed by atoms with Crippen molar-refractivity contribution in [3.05, 3.63) is 24.3 Å². The van der Waals surface area contributed by atoms with Gasteiger partial charge in [0, 0.05) is 31.3 Å². The van der Waals surface area contributed by atoms with Crippen molar-refractivity contribution < 1.29 is 4.39 Å². The molecule has 1 aromatic heterocycles. The maximum Gasteiger partial charge on any atom is 0.157 e. The molecule has 3 nitrogen and oxygen atoms in total. The number of alkyl halides is 1. The van der Waals surface area contributed by atoms with Gasteiger partial charge in [-0.25, -0.2) is 4.39 Å². The first-order valence-corrected chi connectivity index (χ1v) is 3.92. The van der Waals surface area contributed by atoms with Crippen molar-refractivity contribution in [1.82, 2.24) is 9.97 Å². The zero-order valence-corrected chi connectivity index (χ0v) is 6.57. The average molecular weight is 167 g/mol. The molecule has 0 amide bonds. The van der Waals surface area contributed by atoms with Crippen molar-refractivity contribution in [2.75, 3.05) is 0 Å². The van der Waals surface area contributed by atoms with Crippen LogP contribution >= 0.6 is 0 Å². The quantitative estimate of drug-likeness (QED) is 0.671. The second-order valence-electron chi connectivity index (χ2n) is 3.22. The van der Waals surface area contributed by atoms with E-state index in [-0.39, 0.29) is 6.04 Å². The highest BCUT2D eigenvalue weighted by Gasteiger charge is 2.45. The van der Waals surface area contributed by atoms with Crippen molar-refractivity contribution in [1.29, 1.82) is 0 Å². The lowest BCUT2D eigenvalue weighted by Gasteiger charge is -2.38. The van der Waals surface area contributed by atoms with Gasteiger partial charge in [-0.2, -0.15) is 0 Å². The van der Waals surface area contributed by atoms with Crippen LogP contribution in [0.15, 0.2) is 18.6 Å². The smallest absolute Gasteiger partial charge is 0.157 e. The first-order valence-electron chi connectivity index (χ1n) is 3.92. The summed E-state index contributed by atoms with van der Waals surface area (Å²) >= 11 is 0. The summed E-state index contributed by atoms with van der Waals surface area (Å²) in [4.78, 5) is 7.73. The average Bonchev–Trinajstić information content (AvgIpc) is 2.04. The number of hydrogen-bond donors (Lipinski definition) is 1. The molecule has 1 heterocycles. The van der Waals surface area contributed by atoms with E-state index in [2.05, 4.69) is 9.97 Å². The minimum atomic E-state index is -1.31. The molecule has 0 atom stereocenters. The molecule has 1 aromatic rings. The first kappa shape index (κ1) is 7.61. The summed E-state index contributed by atoms with van der Waals surface area (Å²) in [5.41, 5.74) is 4.60. The van der Waals surface area contributed by atoms with Gasteiger partial charge in [0.05, 0.1) is 11.9 Å². The molecule has 4 heteroatoms. The summed E-state index contributed by atoms with van der Waals surface area (Å²) in [5.74, 6) is 0. The summed E-state index contributed by atoms with van der Waals surface area (Å²) in [5, 5.41) is 0. The van der Waals surface area contributed by atoms with Crippen LogP contribution in [-0.2, 0) is 5.67 Å². The molecule has 2 rings (SSSR count). The van der Waals surface area contributed by atoms with Crippen molar-refractivity contribution in [2.24, 2.45) is 5.73 Å². The summed E-state index contributed by atoms with van der Waals surface area (Å²) in [6, 6.07) is -0.0167. The maximum absolute atomic E-state index is 13.7.